The lowest BCUT2D eigenvalue weighted by atomic mass is 9.86. The minimum Gasteiger partial charge on any atom is -0.508 e. The third-order valence-electron chi connectivity index (χ3n) is 3.12. The first-order valence-electron chi connectivity index (χ1n) is 5.59. The first kappa shape index (κ1) is 10.8. The molecule has 0 saturated carbocycles. The topological polar surface area (TPSA) is 63.6 Å². The molecule has 1 aromatic carbocycles. The SMILES string of the molecule is C[C@@H]1OC2=C(C=C1O)C(=O)c1ccccc1C2=O. The molecule has 18 heavy (non-hydrogen) atoms. The molecule has 0 spiro atoms. The first-order valence-corrected chi connectivity index (χ1v) is 5.59. The summed E-state index contributed by atoms with van der Waals surface area (Å²) in [7, 11) is 0. The van der Waals surface area contributed by atoms with Gasteiger partial charge in [0.15, 0.2) is 17.6 Å². The fourth-order valence-corrected chi connectivity index (χ4v) is 2.12. The molecular weight excluding hydrogens is 232 g/mol. The van der Waals surface area contributed by atoms with Gasteiger partial charge < -0.3 is 9.84 Å². The molecule has 0 saturated heterocycles. The molecule has 0 amide bonds. The summed E-state index contributed by atoms with van der Waals surface area (Å²) in [5.74, 6) is -0.618. The molecule has 2 aliphatic rings. The zero-order chi connectivity index (χ0) is 12.9. The second-order valence-electron chi connectivity index (χ2n) is 4.28. The molecule has 3 rings (SSSR count). The summed E-state index contributed by atoms with van der Waals surface area (Å²) in [6.45, 7) is 1.62. The molecule has 0 unspecified atom stereocenters. The number of benzene rings is 1. The van der Waals surface area contributed by atoms with E-state index in [-0.39, 0.29) is 28.7 Å². The van der Waals surface area contributed by atoms with E-state index in [0.717, 1.165) is 0 Å². The summed E-state index contributed by atoms with van der Waals surface area (Å²) in [5, 5.41) is 9.61. The predicted octanol–water partition coefficient (Wildman–Crippen LogP) is 2.18. The van der Waals surface area contributed by atoms with Gasteiger partial charge in [-0.25, -0.2) is 0 Å². The smallest absolute Gasteiger partial charge is 0.229 e. The number of hydrogen-bond donors (Lipinski definition) is 1. The van der Waals surface area contributed by atoms with Crippen LogP contribution in [0.4, 0.5) is 0 Å². The molecule has 1 aliphatic heterocycles. The highest BCUT2D eigenvalue weighted by molar-refractivity contribution is 6.27. The Hall–Kier alpha value is -2.36. The number of ether oxygens (including phenoxy) is 1. The van der Waals surface area contributed by atoms with E-state index >= 15 is 0 Å². The molecule has 4 nitrogen and oxygen atoms in total. The van der Waals surface area contributed by atoms with E-state index in [1.54, 1.807) is 31.2 Å². The number of Topliss-reactive ketones (excluding diaryl/α,β-unsaturated/α-hetero) is 2. The minimum absolute atomic E-state index is 0.0315. The Bertz CT molecular complexity index is 637. The number of allylic oxidation sites excluding steroid dienone is 3. The van der Waals surface area contributed by atoms with Gasteiger partial charge in [0, 0.05) is 11.1 Å². The van der Waals surface area contributed by atoms with Gasteiger partial charge in [0.05, 0.1) is 5.57 Å². The number of hydrogen-bond acceptors (Lipinski definition) is 4. The Morgan fingerprint density at radius 1 is 1.11 bits per heavy atom. The van der Waals surface area contributed by atoms with Crippen molar-refractivity contribution in [3.63, 3.8) is 0 Å². The number of aliphatic hydroxyl groups is 1. The van der Waals surface area contributed by atoms with Gasteiger partial charge in [-0.1, -0.05) is 24.3 Å². The van der Waals surface area contributed by atoms with Gasteiger partial charge in [0.25, 0.3) is 0 Å². The highest BCUT2D eigenvalue weighted by atomic mass is 16.5. The molecule has 0 radical (unpaired) electrons. The van der Waals surface area contributed by atoms with Crippen LogP contribution in [-0.4, -0.2) is 22.8 Å². The van der Waals surface area contributed by atoms with Crippen LogP contribution < -0.4 is 0 Å². The summed E-state index contributed by atoms with van der Waals surface area (Å²) in [6, 6.07) is 6.61. The van der Waals surface area contributed by atoms with Crippen LogP contribution in [0.1, 0.15) is 27.6 Å². The van der Waals surface area contributed by atoms with Crippen molar-refractivity contribution < 1.29 is 19.4 Å². The van der Waals surface area contributed by atoms with Crippen molar-refractivity contribution >= 4 is 11.6 Å². The van der Waals surface area contributed by atoms with Crippen LogP contribution in [0.25, 0.3) is 0 Å². The van der Waals surface area contributed by atoms with E-state index in [2.05, 4.69) is 0 Å². The molecule has 1 heterocycles. The zero-order valence-corrected chi connectivity index (χ0v) is 9.64. The average molecular weight is 242 g/mol. The van der Waals surface area contributed by atoms with Gasteiger partial charge in [0.1, 0.15) is 5.76 Å². The van der Waals surface area contributed by atoms with Crippen LogP contribution in [0.3, 0.4) is 0 Å². The monoisotopic (exact) mass is 242 g/mol. The lowest BCUT2D eigenvalue weighted by molar-refractivity contribution is 0.0724. The van der Waals surface area contributed by atoms with Gasteiger partial charge in [-0.15, -0.1) is 0 Å². The quantitative estimate of drug-likeness (QED) is 0.757. The fraction of sp³-hybridized carbons (Fsp3) is 0.143. The Morgan fingerprint density at radius 2 is 1.72 bits per heavy atom. The highest BCUT2D eigenvalue weighted by Gasteiger charge is 2.36. The highest BCUT2D eigenvalue weighted by Crippen LogP contribution is 2.32. The second kappa shape index (κ2) is 3.57. The maximum atomic E-state index is 12.2. The standard InChI is InChI=1S/C14H10O4/c1-7-11(15)6-10-12(16)8-4-2-3-5-9(8)13(17)14(10)18-7/h2-7,15H,1H3/t7-/m0/s1. The molecule has 1 aromatic rings. The van der Waals surface area contributed by atoms with Crippen molar-refractivity contribution in [2.45, 2.75) is 13.0 Å². The summed E-state index contributed by atoms with van der Waals surface area (Å²) in [5.41, 5.74) is 0.834. The predicted molar refractivity (Wildman–Crippen MR) is 63.4 cm³/mol. The zero-order valence-electron chi connectivity index (χ0n) is 9.64. The van der Waals surface area contributed by atoms with Gasteiger partial charge in [-0.05, 0) is 13.0 Å². The van der Waals surface area contributed by atoms with Gasteiger partial charge in [-0.2, -0.15) is 0 Å². The summed E-state index contributed by atoms with van der Waals surface area (Å²) >= 11 is 0. The van der Waals surface area contributed by atoms with Crippen molar-refractivity contribution in [3.05, 3.63) is 58.6 Å². The summed E-state index contributed by atoms with van der Waals surface area (Å²) in [6.07, 6.45) is 0.713. The molecule has 0 fully saturated rings. The number of carbonyl (C=O) groups excluding carboxylic acids is 2. The van der Waals surface area contributed by atoms with Crippen LogP contribution in [0.2, 0.25) is 0 Å². The molecule has 1 atom stereocenters. The molecular formula is C14H10O4. The maximum Gasteiger partial charge on any atom is 0.229 e. The minimum atomic E-state index is -0.606. The first-order chi connectivity index (χ1) is 8.59. The van der Waals surface area contributed by atoms with Crippen molar-refractivity contribution in [1.29, 1.82) is 0 Å². The molecule has 0 aromatic heterocycles. The van der Waals surface area contributed by atoms with Crippen molar-refractivity contribution in [2.24, 2.45) is 0 Å². The van der Waals surface area contributed by atoms with Crippen LogP contribution in [0, 0.1) is 0 Å². The third-order valence-corrected chi connectivity index (χ3v) is 3.12. The Kier molecular flexibility index (Phi) is 2.13. The number of carbonyl (C=O) groups is 2. The second-order valence-corrected chi connectivity index (χ2v) is 4.28. The lowest BCUT2D eigenvalue weighted by Gasteiger charge is -2.26. The van der Waals surface area contributed by atoms with Crippen molar-refractivity contribution in [1.82, 2.24) is 0 Å². The molecule has 1 aliphatic carbocycles. The Balaban J connectivity index is 2.22. The Labute approximate surface area is 103 Å². The van der Waals surface area contributed by atoms with E-state index in [0.29, 0.717) is 11.1 Å². The van der Waals surface area contributed by atoms with Crippen molar-refractivity contribution in [3.8, 4) is 0 Å². The molecule has 90 valence electrons. The third kappa shape index (κ3) is 1.32. The molecule has 0 bridgehead atoms. The average Bonchev–Trinajstić information content (AvgIpc) is 2.38. The number of rotatable bonds is 0. The Morgan fingerprint density at radius 3 is 2.39 bits per heavy atom. The maximum absolute atomic E-state index is 12.2. The van der Waals surface area contributed by atoms with E-state index in [9.17, 15) is 14.7 Å². The molecule has 1 N–H and O–H groups in total. The van der Waals surface area contributed by atoms with Crippen LogP contribution >= 0.6 is 0 Å². The van der Waals surface area contributed by atoms with E-state index in [4.69, 9.17) is 4.74 Å². The van der Waals surface area contributed by atoms with E-state index in [1.807, 2.05) is 0 Å². The fourth-order valence-electron chi connectivity index (χ4n) is 2.12. The largest absolute Gasteiger partial charge is 0.508 e. The van der Waals surface area contributed by atoms with Crippen LogP contribution in [-0.2, 0) is 4.74 Å². The number of fused-ring (bicyclic) bond motifs is 1. The van der Waals surface area contributed by atoms with E-state index in [1.165, 1.54) is 6.08 Å². The van der Waals surface area contributed by atoms with Crippen LogP contribution in [0.5, 0.6) is 0 Å². The van der Waals surface area contributed by atoms with Gasteiger partial charge in [-0.3, -0.25) is 9.59 Å². The van der Waals surface area contributed by atoms with Gasteiger partial charge >= 0.3 is 0 Å². The summed E-state index contributed by atoms with van der Waals surface area (Å²) in [4.78, 5) is 24.4. The normalized spacial score (nSPS) is 22.1. The van der Waals surface area contributed by atoms with Gasteiger partial charge in [0.2, 0.25) is 5.78 Å². The number of aliphatic hydroxyl groups excluding tert-OH is 1. The van der Waals surface area contributed by atoms with Crippen molar-refractivity contribution in [2.75, 3.05) is 0 Å². The lowest BCUT2D eigenvalue weighted by Crippen LogP contribution is -2.29. The summed E-state index contributed by atoms with van der Waals surface area (Å²) < 4.78 is 5.33. The number of ketones is 2. The molecule has 4 heteroatoms. The van der Waals surface area contributed by atoms with E-state index < -0.39 is 6.10 Å². The van der Waals surface area contributed by atoms with Crippen LogP contribution in [0.15, 0.2) is 47.4 Å².